The Hall–Kier alpha value is -2.23. The van der Waals surface area contributed by atoms with E-state index in [-0.39, 0.29) is 39.4 Å². The van der Waals surface area contributed by atoms with Crippen LogP contribution in [-0.2, 0) is 0 Å². The molecule has 3 N–H and O–H groups in total. The summed E-state index contributed by atoms with van der Waals surface area (Å²) in [6.07, 6.45) is 0.967. The Balaban J connectivity index is 2.73. The monoisotopic (exact) mass is 246 g/mol. The predicted molar refractivity (Wildman–Crippen MR) is 68.2 cm³/mol. The van der Waals surface area contributed by atoms with E-state index in [1.54, 1.807) is 12.1 Å². The van der Waals surface area contributed by atoms with Gasteiger partial charge in [-0.25, -0.2) is 0 Å². The first-order chi connectivity index (χ1) is 8.56. The number of hydrogen-bond acceptors (Lipinski definition) is 4. The predicted octanol–water partition coefficient (Wildman–Crippen LogP) is 2.94. The molecule has 0 amide bonds. The van der Waals surface area contributed by atoms with Gasteiger partial charge < -0.3 is 15.3 Å². The SMILES string of the molecule is CCCC(=O)c1cc(O)c2c(O)cccc2c1O. The summed E-state index contributed by atoms with van der Waals surface area (Å²) in [5.41, 5.74) is 0.0902. The van der Waals surface area contributed by atoms with Crippen molar-refractivity contribution in [2.75, 3.05) is 0 Å². The largest absolute Gasteiger partial charge is 0.507 e. The number of carbonyl (C=O) groups is 1. The van der Waals surface area contributed by atoms with Crippen molar-refractivity contribution in [3.8, 4) is 17.2 Å². The molecule has 2 aromatic rings. The minimum absolute atomic E-state index is 0.0902. The maximum absolute atomic E-state index is 11.8. The summed E-state index contributed by atoms with van der Waals surface area (Å²) in [7, 11) is 0. The average molecular weight is 246 g/mol. The number of Topliss-reactive ketones (excluding diaryl/α,β-unsaturated/α-hetero) is 1. The quantitative estimate of drug-likeness (QED) is 0.574. The third-order valence-electron chi connectivity index (χ3n) is 2.87. The standard InChI is InChI=1S/C14H14O4/c1-2-4-10(15)9-7-12(17)13-8(14(9)18)5-3-6-11(13)16/h3,5-7,16-18H,2,4H2,1H3. The highest BCUT2D eigenvalue weighted by Crippen LogP contribution is 2.40. The molecule has 0 aromatic heterocycles. The number of benzene rings is 2. The number of aromatic hydroxyl groups is 3. The average Bonchev–Trinajstić information content (AvgIpc) is 2.33. The third-order valence-corrected chi connectivity index (χ3v) is 2.87. The number of ketones is 1. The van der Waals surface area contributed by atoms with Crippen molar-refractivity contribution in [2.45, 2.75) is 19.8 Å². The summed E-state index contributed by atoms with van der Waals surface area (Å²) in [5, 5.41) is 30.0. The van der Waals surface area contributed by atoms with Crippen LogP contribution in [0.3, 0.4) is 0 Å². The molecule has 0 fully saturated rings. The molecule has 0 heterocycles. The lowest BCUT2D eigenvalue weighted by Crippen LogP contribution is -1.99. The maximum Gasteiger partial charge on any atom is 0.166 e. The molecule has 0 bridgehead atoms. The van der Waals surface area contributed by atoms with Crippen LogP contribution < -0.4 is 0 Å². The van der Waals surface area contributed by atoms with Gasteiger partial charge in [0.25, 0.3) is 0 Å². The molecule has 4 nitrogen and oxygen atoms in total. The van der Waals surface area contributed by atoms with Gasteiger partial charge in [0.15, 0.2) is 5.78 Å². The Morgan fingerprint density at radius 2 is 1.89 bits per heavy atom. The van der Waals surface area contributed by atoms with Crippen molar-refractivity contribution < 1.29 is 20.1 Å². The van der Waals surface area contributed by atoms with Gasteiger partial charge in [-0.1, -0.05) is 19.1 Å². The second kappa shape index (κ2) is 4.56. The Morgan fingerprint density at radius 3 is 2.56 bits per heavy atom. The van der Waals surface area contributed by atoms with E-state index >= 15 is 0 Å². The first kappa shape index (κ1) is 12.2. The van der Waals surface area contributed by atoms with Gasteiger partial charge in [-0.2, -0.15) is 0 Å². The van der Waals surface area contributed by atoms with Gasteiger partial charge in [0.2, 0.25) is 0 Å². The third kappa shape index (κ3) is 1.86. The van der Waals surface area contributed by atoms with E-state index in [2.05, 4.69) is 0 Å². The fourth-order valence-electron chi connectivity index (χ4n) is 2.00. The van der Waals surface area contributed by atoms with E-state index in [1.807, 2.05) is 6.92 Å². The molecular weight excluding hydrogens is 232 g/mol. The molecule has 0 radical (unpaired) electrons. The van der Waals surface area contributed by atoms with Gasteiger partial charge in [-0.3, -0.25) is 4.79 Å². The van der Waals surface area contributed by atoms with Crippen LogP contribution in [0, 0.1) is 0 Å². The summed E-state index contributed by atoms with van der Waals surface area (Å²) in [5.74, 6) is -0.761. The zero-order valence-corrected chi connectivity index (χ0v) is 9.97. The maximum atomic E-state index is 11.8. The summed E-state index contributed by atoms with van der Waals surface area (Å²) >= 11 is 0. The summed E-state index contributed by atoms with van der Waals surface area (Å²) < 4.78 is 0. The second-order valence-electron chi connectivity index (χ2n) is 4.16. The molecule has 0 aliphatic heterocycles. The number of fused-ring (bicyclic) bond motifs is 1. The highest BCUT2D eigenvalue weighted by Gasteiger charge is 2.17. The fourth-order valence-corrected chi connectivity index (χ4v) is 2.00. The van der Waals surface area contributed by atoms with Gasteiger partial charge in [-0.05, 0) is 18.6 Å². The zero-order valence-electron chi connectivity index (χ0n) is 9.97. The lowest BCUT2D eigenvalue weighted by atomic mass is 9.99. The Morgan fingerprint density at radius 1 is 1.17 bits per heavy atom. The molecule has 0 atom stereocenters. The number of rotatable bonds is 3. The van der Waals surface area contributed by atoms with E-state index in [0.717, 1.165) is 0 Å². The van der Waals surface area contributed by atoms with Crippen molar-refractivity contribution in [1.82, 2.24) is 0 Å². The minimum atomic E-state index is -0.226. The van der Waals surface area contributed by atoms with Gasteiger partial charge in [-0.15, -0.1) is 0 Å². The number of carbonyl (C=O) groups excluding carboxylic acids is 1. The molecule has 2 aromatic carbocycles. The van der Waals surface area contributed by atoms with Crippen LogP contribution in [-0.4, -0.2) is 21.1 Å². The topological polar surface area (TPSA) is 77.8 Å². The molecule has 0 aliphatic rings. The molecule has 0 aliphatic carbocycles. The van der Waals surface area contributed by atoms with Crippen molar-refractivity contribution in [1.29, 1.82) is 0 Å². The molecule has 0 spiro atoms. The lowest BCUT2D eigenvalue weighted by molar-refractivity contribution is 0.0979. The van der Waals surface area contributed by atoms with Crippen LogP contribution in [0.4, 0.5) is 0 Å². The van der Waals surface area contributed by atoms with Crippen molar-refractivity contribution >= 4 is 16.6 Å². The Labute approximate surface area is 104 Å². The highest BCUT2D eigenvalue weighted by molar-refractivity contribution is 6.08. The van der Waals surface area contributed by atoms with E-state index in [0.29, 0.717) is 12.8 Å². The smallest absolute Gasteiger partial charge is 0.166 e. The summed E-state index contributed by atoms with van der Waals surface area (Å²) in [4.78, 5) is 11.8. The van der Waals surface area contributed by atoms with E-state index in [1.165, 1.54) is 12.1 Å². The molecule has 18 heavy (non-hydrogen) atoms. The number of hydrogen-bond donors (Lipinski definition) is 3. The summed E-state index contributed by atoms with van der Waals surface area (Å²) in [6, 6.07) is 5.71. The highest BCUT2D eigenvalue weighted by atomic mass is 16.3. The van der Waals surface area contributed by atoms with Crippen LogP contribution in [0.1, 0.15) is 30.1 Å². The van der Waals surface area contributed by atoms with E-state index < -0.39 is 0 Å². The van der Waals surface area contributed by atoms with Crippen molar-refractivity contribution in [3.63, 3.8) is 0 Å². The molecular formula is C14H14O4. The van der Waals surface area contributed by atoms with E-state index in [9.17, 15) is 20.1 Å². The molecule has 94 valence electrons. The number of phenols is 3. The first-order valence-corrected chi connectivity index (χ1v) is 5.76. The molecule has 0 saturated carbocycles. The van der Waals surface area contributed by atoms with Gasteiger partial charge >= 0.3 is 0 Å². The summed E-state index contributed by atoms with van der Waals surface area (Å²) in [6.45, 7) is 1.86. The Kier molecular flexibility index (Phi) is 3.10. The van der Waals surface area contributed by atoms with Crippen LogP contribution in [0.2, 0.25) is 0 Å². The van der Waals surface area contributed by atoms with E-state index in [4.69, 9.17) is 0 Å². The fraction of sp³-hybridized carbons (Fsp3) is 0.214. The van der Waals surface area contributed by atoms with Crippen LogP contribution in [0.15, 0.2) is 24.3 Å². The second-order valence-corrected chi connectivity index (χ2v) is 4.16. The van der Waals surface area contributed by atoms with Crippen LogP contribution >= 0.6 is 0 Å². The zero-order chi connectivity index (χ0) is 13.3. The van der Waals surface area contributed by atoms with Gasteiger partial charge in [0, 0.05) is 11.8 Å². The molecule has 0 unspecified atom stereocenters. The lowest BCUT2D eigenvalue weighted by Gasteiger charge is -2.10. The molecule has 4 heteroatoms. The van der Waals surface area contributed by atoms with Crippen molar-refractivity contribution in [3.05, 3.63) is 29.8 Å². The van der Waals surface area contributed by atoms with Gasteiger partial charge in [0.05, 0.1) is 10.9 Å². The van der Waals surface area contributed by atoms with Crippen molar-refractivity contribution in [2.24, 2.45) is 0 Å². The number of phenolic OH excluding ortho intramolecular Hbond substituents is 3. The van der Waals surface area contributed by atoms with Crippen LogP contribution in [0.25, 0.3) is 10.8 Å². The molecule has 2 rings (SSSR count). The normalized spacial score (nSPS) is 10.7. The molecule has 0 saturated heterocycles. The first-order valence-electron chi connectivity index (χ1n) is 5.76. The van der Waals surface area contributed by atoms with Crippen LogP contribution in [0.5, 0.6) is 17.2 Å². The van der Waals surface area contributed by atoms with Gasteiger partial charge in [0.1, 0.15) is 17.2 Å². The minimum Gasteiger partial charge on any atom is -0.507 e. The Bertz CT molecular complexity index is 617.